The van der Waals surface area contributed by atoms with Gasteiger partial charge in [-0.15, -0.1) is 0 Å². The molecule has 3 rings (SSSR count). The molecule has 0 unspecified atom stereocenters. The molecule has 25 heavy (non-hydrogen) atoms. The molecule has 0 aliphatic carbocycles. The van der Waals surface area contributed by atoms with Crippen molar-refractivity contribution >= 4 is 31.7 Å². The third-order valence-corrected chi connectivity index (χ3v) is 5.11. The standard InChI is InChI=1S/C18H14BrN3O2S/c19-15-9-11-16(12-10-15)25(23,24)22-21-18(14-6-2-1-3-7-14)17-8-4-5-13-20-17/h1-13,22H/b21-18+. The Hall–Kier alpha value is -2.51. The molecule has 2 aromatic carbocycles. The van der Waals surface area contributed by atoms with Gasteiger partial charge < -0.3 is 0 Å². The van der Waals surface area contributed by atoms with E-state index in [1.165, 1.54) is 12.1 Å². The number of nitrogens with one attached hydrogen (secondary N) is 1. The number of benzene rings is 2. The van der Waals surface area contributed by atoms with Crippen LogP contribution in [0.5, 0.6) is 0 Å². The molecule has 0 aliphatic rings. The number of hydrazone groups is 1. The third kappa shape index (κ3) is 4.32. The van der Waals surface area contributed by atoms with Gasteiger partial charge in [0.15, 0.2) is 0 Å². The molecule has 7 heteroatoms. The molecule has 0 saturated heterocycles. The van der Waals surface area contributed by atoms with E-state index in [-0.39, 0.29) is 4.90 Å². The van der Waals surface area contributed by atoms with Crippen LogP contribution < -0.4 is 4.83 Å². The summed E-state index contributed by atoms with van der Waals surface area (Å²) in [6.45, 7) is 0. The molecule has 3 aromatic rings. The first-order chi connectivity index (χ1) is 12.1. The zero-order valence-corrected chi connectivity index (χ0v) is 15.4. The van der Waals surface area contributed by atoms with Gasteiger partial charge in [0.2, 0.25) is 0 Å². The molecule has 0 radical (unpaired) electrons. The van der Waals surface area contributed by atoms with Crippen LogP contribution in [0.2, 0.25) is 0 Å². The van der Waals surface area contributed by atoms with Crippen LogP contribution >= 0.6 is 15.9 Å². The topological polar surface area (TPSA) is 71.4 Å². The Morgan fingerprint density at radius 2 is 1.60 bits per heavy atom. The number of aromatic nitrogens is 1. The van der Waals surface area contributed by atoms with Gasteiger partial charge >= 0.3 is 0 Å². The average Bonchev–Trinajstić information content (AvgIpc) is 2.64. The molecular weight excluding hydrogens is 402 g/mol. The van der Waals surface area contributed by atoms with Crippen LogP contribution in [0.15, 0.2) is 93.5 Å². The SMILES string of the molecule is O=S(=O)(N/N=C(\c1ccccc1)c1ccccn1)c1ccc(Br)cc1. The zero-order chi connectivity index (χ0) is 17.7. The van der Waals surface area contributed by atoms with Crippen molar-refractivity contribution in [1.82, 2.24) is 9.82 Å². The van der Waals surface area contributed by atoms with E-state index in [1.807, 2.05) is 36.4 Å². The number of hydrogen-bond donors (Lipinski definition) is 1. The Bertz CT molecular complexity index is 932. The summed E-state index contributed by atoms with van der Waals surface area (Å²) in [5.74, 6) is 0. The van der Waals surface area contributed by atoms with Crippen molar-refractivity contribution in [2.75, 3.05) is 0 Å². The number of pyridine rings is 1. The van der Waals surface area contributed by atoms with Gasteiger partial charge in [-0.25, -0.2) is 0 Å². The van der Waals surface area contributed by atoms with Crippen molar-refractivity contribution in [2.45, 2.75) is 4.90 Å². The predicted octanol–water partition coefficient (Wildman–Crippen LogP) is 3.58. The minimum Gasteiger partial charge on any atom is -0.255 e. The van der Waals surface area contributed by atoms with Crippen LogP contribution in [0.4, 0.5) is 0 Å². The number of hydrogen-bond acceptors (Lipinski definition) is 4. The molecule has 5 nitrogen and oxygen atoms in total. The smallest absolute Gasteiger partial charge is 0.255 e. The van der Waals surface area contributed by atoms with E-state index in [2.05, 4.69) is 30.8 Å². The molecule has 126 valence electrons. The molecular formula is C18H14BrN3O2S. The molecule has 1 aromatic heterocycles. The number of sulfonamides is 1. The fourth-order valence-electron chi connectivity index (χ4n) is 2.14. The highest BCUT2D eigenvalue weighted by Crippen LogP contribution is 2.15. The van der Waals surface area contributed by atoms with Crippen molar-refractivity contribution in [3.05, 3.63) is 94.7 Å². The maximum atomic E-state index is 12.5. The van der Waals surface area contributed by atoms with Gasteiger partial charge in [-0.05, 0) is 36.4 Å². The lowest BCUT2D eigenvalue weighted by Crippen LogP contribution is -2.21. The van der Waals surface area contributed by atoms with Crippen molar-refractivity contribution in [1.29, 1.82) is 0 Å². The summed E-state index contributed by atoms with van der Waals surface area (Å²) in [4.78, 5) is 6.70. The van der Waals surface area contributed by atoms with Gasteiger partial charge in [-0.2, -0.15) is 18.4 Å². The van der Waals surface area contributed by atoms with Crippen molar-refractivity contribution in [3.8, 4) is 0 Å². The first kappa shape index (κ1) is 17.3. The van der Waals surface area contributed by atoms with Gasteiger partial charge in [0, 0.05) is 16.2 Å². The van der Waals surface area contributed by atoms with E-state index < -0.39 is 10.0 Å². The van der Waals surface area contributed by atoms with Gasteiger partial charge in [0.25, 0.3) is 10.0 Å². The third-order valence-electron chi connectivity index (χ3n) is 3.36. The molecule has 0 bridgehead atoms. The van der Waals surface area contributed by atoms with Crippen LogP contribution in [-0.2, 0) is 10.0 Å². The molecule has 0 amide bonds. The van der Waals surface area contributed by atoms with Crippen LogP contribution in [0.25, 0.3) is 0 Å². The van der Waals surface area contributed by atoms with Gasteiger partial charge in [-0.3, -0.25) is 4.98 Å². The molecule has 1 N–H and O–H groups in total. The second-order valence-electron chi connectivity index (χ2n) is 5.09. The largest absolute Gasteiger partial charge is 0.276 e. The van der Waals surface area contributed by atoms with E-state index in [1.54, 1.807) is 30.5 Å². The highest BCUT2D eigenvalue weighted by atomic mass is 79.9. The van der Waals surface area contributed by atoms with Crippen LogP contribution in [0.3, 0.4) is 0 Å². The summed E-state index contributed by atoms with van der Waals surface area (Å²) in [5.41, 5.74) is 1.79. The lowest BCUT2D eigenvalue weighted by atomic mass is 10.1. The Labute approximate surface area is 154 Å². The molecule has 0 saturated carbocycles. The van der Waals surface area contributed by atoms with Gasteiger partial charge in [-0.1, -0.05) is 52.3 Å². The quantitative estimate of drug-likeness (QED) is 0.511. The average molecular weight is 416 g/mol. The Balaban J connectivity index is 1.98. The van der Waals surface area contributed by atoms with Gasteiger partial charge in [0.1, 0.15) is 5.71 Å². The van der Waals surface area contributed by atoms with Crippen molar-refractivity contribution in [3.63, 3.8) is 0 Å². The highest BCUT2D eigenvalue weighted by Gasteiger charge is 2.15. The summed E-state index contributed by atoms with van der Waals surface area (Å²) in [6, 6.07) is 21.0. The second-order valence-corrected chi connectivity index (χ2v) is 7.67. The maximum absolute atomic E-state index is 12.5. The maximum Gasteiger partial charge on any atom is 0.276 e. The van der Waals surface area contributed by atoms with E-state index in [0.717, 1.165) is 10.0 Å². The van der Waals surface area contributed by atoms with Crippen molar-refractivity contribution < 1.29 is 8.42 Å². The summed E-state index contributed by atoms with van der Waals surface area (Å²) in [6.07, 6.45) is 1.64. The number of halogens is 1. The summed E-state index contributed by atoms with van der Waals surface area (Å²) in [5, 5.41) is 4.14. The minimum absolute atomic E-state index is 0.132. The second kappa shape index (κ2) is 7.58. The molecule has 0 spiro atoms. The Kier molecular flexibility index (Phi) is 5.25. The van der Waals surface area contributed by atoms with E-state index >= 15 is 0 Å². The lowest BCUT2D eigenvalue weighted by Gasteiger charge is -2.08. The van der Waals surface area contributed by atoms with Gasteiger partial charge in [0.05, 0.1) is 10.6 Å². The molecule has 0 aliphatic heterocycles. The number of rotatable bonds is 5. The molecule has 1 heterocycles. The van der Waals surface area contributed by atoms with E-state index in [9.17, 15) is 8.42 Å². The normalized spacial score (nSPS) is 12.0. The van der Waals surface area contributed by atoms with Crippen molar-refractivity contribution in [2.24, 2.45) is 5.10 Å². The zero-order valence-electron chi connectivity index (χ0n) is 13.0. The Morgan fingerprint density at radius 3 is 2.24 bits per heavy atom. The van der Waals surface area contributed by atoms with Crippen LogP contribution in [-0.4, -0.2) is 19.1 Å². The number of nitrogens with zero attached hydrogens (tertiary/aromatic N) is 2. The lowest BCUT2D eigenvalue weighted by molar-refractivity contribution is 0.584. The fraction of sp³-hybridized carbons (Fsp3) is 0. The summed E-state index contributed by atoms with van der Waals surface area (Å²) < 4.78 is 25.7. The highest BCUT2D eigenvalue weighted by molar-refractivity contribution is 9.10. The Morgan fingerprint density at radius 1 is 0.920 bits per heavy atom. The summed E-state index contributed by atoms with van der Waals surface area (Å²) in [7, 11) is -3.77. The van der Waals surface area contributed by atoms with Crippen LogP contribution in [0, 0.1) is 0 Å². The minimum atomic E-state index is -3.77. The first-order valence-electron chi connectivity index (χ1n) is 7.38. The molecule has 0 atom stereocenters. The fourth-order valence-corrected chi connectivity index (χ4v) is 3.22. The monoisotopic (exact) mass is 415 g/mol. The van der Waals surface area contributed by atoms with Crippen LogP contribution in [0.1, 0.15) is 11.3 Å². The molecule has 0 fully saturated rings. The predicted molar refractivity (Wildman–Crippen MR) is 101 cm³/mol. The summed E-state index contributed by atoms with van der Waals surface area (Å²) >= 11 is 3.28. The van der Waals surface area contributed by atoms with E-state index in [0.29, 0.717) is 11.4 Å². The van der Waals surface area contributed by atoms with E-state index in [4.69, 9.17) is 0 Å². The first-order valence-corrected chi connectivity index (χ1v) is 9.66.